The van der Waals surface area contributed by atoms with E-state index in [1.165, 1.54) is 6.07 Å². The fourth-order valence-corrected chi connectivity index (χ4v) is 3.28. The first-order valence-corrected chi connectivity index (χ1v) is 8.92. The molecule has 1 aliphatic heterocycles. The van der Waals surface area contributed by atoms with Gasteiger partial charge in [-0.3, -0.25) is 9.69 Å². The lowest BCUT2D eigenvalue weighted by Gasteiger charge is -2.21. The van der Waals surface area contributed by atoms with Crippen LogP contribution in [0.2, 0.25) is 0 Å². The van der Waals surface area contributed by atoms with E-state index in [0.717, 1.165) is 43.9 Å². The molecule has 2 aliphatic rings. The predicted molar refractivity (Wildman–Crippen MR) is 88.4 cm³/mol. The number of nitrogens with one attached hydrogen (secondary N) is 1. The average Bonchev–Trinajstić information content (AvgIpc) is 3.12. The highest BCUT2D eigenvalue weighted by Gasteiger charge is 2.32. The van der Waals surface area contributed by atoms with Gasteiger partial charge in [0.25, 0.3) is 11.7 Å². The first-order chi connectivity index (χ1) is 12.6. The van der Waals surface area contributed by atoms with Gasteiger partial charge in [-0.2, -0.15) is 4.98 Å². The molecule has 26 heavy (non-hydrogen) atoms. The monoisotopic (exact) mass is 362 g/mol. The molecule has 1 aromatic heterocycles. The maximum atomic E-state index is 13.3. The summed E-state index contributed by atoms with van der Waals surface area (Å²) in [5, 5.41) is 6.64. The Balaban J connectivity index is 1.39. The molecular formula is C18H20F2N4O2. The largest absolute Gasteiger partial charge is 0.346 e. The number of halogens is 2. The Morgan fingerprint density at radius 1 is 1.27 bits per heavy atom. The number of rotatable bonds is 6. The Kier molecular flexibility index (Phi) is 4.67. The van der Waals surface area contributed by atoms with E-state index < -0.39 is 11.6 Å². The zero-order valence-corrected chi connectivity index (χ0v) is 14.3. The fraction of sp³-hybridized carbons (Fsp3) is 0.500. The van der Waals surface area contributed by atoms with Gasteiger partial charge in [0.2, 0.25) is 5.89 Å². The van der Waals surface area contributed by atoms with Gasteiger partial charge in [-0.25, -0.2) is 8.78 Å². The van der Waals surface area contributed by atoms with Gasteiger partial charge in [0, 0.05) is 12.6 Å². The van der Waals surface area contributed by atoms with Crippen LogP contribution < -0.4 is 5.32 Å². The van der Waals surface area contributed by atoms with Crippen molar-refractivity contribution in [1.29, 1.82) is 0 Å². The molecule has 0 unspecified atom stereocenters. The van der Waals surface area contributed by atoms with Crippen LogP contribution in [0, 0.1) is 11.6 Å². The van der Waals surface area contributed by atoms with Gasteiger partial charge in [0.1, 0.15) is 0 Å². The maximum absolute atomic E-state index is 13.3. The van der Waals surface area contributed by atoms with E-state index in [9.17, 15) is 13.6 Å². The van der Waals surface area contributed by atoms with Crippen molar-refractivity contribution in [2.24, 2.45) is 0 Å². The van der Waals surface area contributed by atoms with Crippen molar-refractivity contribution in [3.8, 4) is 0 Å². The molecule has 0 radical (unpaired) electrons. The highest BCUT2D eigenvalue weighted by atomic mass is 19.2. The Labute approximate surface area is 149 Å². The number of nitrogens with zero attached hydrogens (tertiary/aromatic N) is 3. The molecule has 1 saturated carbocycles. The number of carbonyl (C=O) groups is 1. The summed E-state index contributed by atoms with van der Waals surface area (Å²) in [5.74, 6) is -1.46. The van der Waals surface area contributed by atoms with Gasteiger partial charge in [-0.05, 0) is 56.3 Å². The molecule has 2 aromatic rings. The topological polar surface area (TPSA) is 71.3 Å². The lowest BCUT2D eigenvalue weighted by molar-refractivity contribution is 0.0937. The van der Waals surface area contributed by atoms with Gasteiger partial charge in [-0.15, -0.1) is 0 Å². The molecule has 0 bridgehead atoms. The number of aromatic nitrogens is 2. The highest BCUT2D eigenvalue weighted by Crippen LogP contribution is 2.31. The zero-order chi connectivity index (χ0) is 18.1. The van der Waals surface area contributed by atoms with Crippen LogP contribution in [0.25, 0.3) is 0 Å². The minimum atomic E-state index is -0.837. The van der Waals surface area contributed by atoms with E-state index in [-0.39, 0.29) is 23.8 Å². The third-order valence-corrected chi connectivity index (χ3v) is 4.88. The molecule has 1 N–H and O–H groups in total. The van der Waals surface area contributed by atoms with Gasteiger partial charge < -0.3 is 9.84 Å². The molecule has 6 nitrogen and oxygen atoms in total. The Hall–Kier alpha value is -2.35. The summed E-state index contributed by atoms with van der Waals surface area (Å²) in [6, 6.07) is 4.16. The van der Waals surface area contributed by atoms with Crippen LogP contribution in [0.1, 0.15) is 53.8 Å². The van der Waals surface area contributed by atoms with Crippen molar-refractivity contribution in [1.82, 2.24) is 20.4 Å². The standard InChI is InChI=1S/C18H20F2N4O2/c19-13-6-3-11(10-14(13)20)7-9-24-8-1-2-15(24)18-22-16(23-26-18)17(25)21-12-4-5-12/h3,6,10,12,15H,1-2,4-5,7-9H2,(H,21,25)/t15-/m0/s1. The number of likely N-dealkylation sites (tertiary alicyclic amines) is 1. The molecule has 1 saturated heterocycles. The molecule has 2 heterocycles. The van der Waals surface area contributed by atoms with Crippen LogP contribution >= 0.6 is 0 Å². The van der Waals surface area contributed by atoms with Crippen LogP contribution in [0.15, 0.2) is 22.7 Å². The number of benzene rings is 1. The summed E-state index contributed by atoms with van der Waals surface area (Å²) in [4.78, 5) is 18.4. The van der Waals surface area contributed by atoms with Crippen LogP contribution in [0.4, 0.5) is 8.78 Å². The summed E-state index contributed by atoms with van der Waals surface area (Å²) in [5.41, 5.74) is 0.740. The quantitative estimate of drug-likeness (QED) is 0.855. The molecule has 1 atom stereocenters. The Morgan fingerprint density at radius 3 is 2.88 bits per heavy atom. The molecule has 0 spiro atoms. The van der Waals surface area contributed by atoms with Gasteiger partial charge in [0.15, 0.2) is 11.6 Å². The average molecular weight is 362 g/mol. The summed E-state index contributed by atoms with van der Waals surface area (Å²) in [6.45, 7) is 1.53. The molecule has 4 rings (SSSR count). The molecule has 1 aliphatic carbocycles. The smallest absolute Gasteiger partial charge is 0.292 e. The van der Waals surface area contributed by atoms with E-state index in [1.807, 2.05) is 0 Å². The van der Waals surface area contributed by atoms with E-state index in [1.54, 1.807) is 6.07 Å². The van der Waals surface area contributed by atoms with Crippen molar-refractivity contribution in [3.05, 3.63) is 47.1 Å². The van der Waals surface area contributed by atoms with Crippen LogP contribution in [-0.4, -0.2) is 40.1 Å². The minimum absolute atomic E-state index is 0.0460. The first kappa shape index (κ1) is 17.1. The number of hydrogen-bond acceptors (Lipinski definition) is 5. The lowest BCUT2D eigenvalue weighted by atomic mass is 10.1. The van der Waals surface area contributed by atoms with Crippen LogP contribution in [-0.2, 0) is 6.42 Å². The van der Waals surface area contributed by atoms with Crippen LogP contribution in [0.5, 0.6) is 0 Å². The van der Waals surface area contributed by atoms with Crippen molar-refractivity contribution in [2.45, 2.75) is 44.2 Å². The Morgan fingerprint density at radius 2 is 2.12 bits per heavy atom. The Bertz CT molecular complexity index is 806. The SMILES string of the molecule is O=C(NC1CC1)c1noc([C@@H]2CCCN2CCc2ccc(F)c(F)c2)n1. The van der Waals surface area contributed by atoms with Crippen molar-refractivity contribution in [2.75, 3.05) is 13.1 Å². The van der Waals surface area contributed by atoms with E-state index >= 15 is 0 Å². The first-order valence-electron chi connectivity index (χ1n) is 8.92. The zero-order valence-electron chi connectivity index (χ0n) is 14.3. The van der Waals surface area contributed by atoms with Gasteiger partial charge >= 0.3 is 0 Å². The second-order valence-electron chi connectivity index (χ2n) is 6.90. The number of hydrogen-bond donors (Lipinski definition) is 1. The highest BCUT2D eigenvalue weighted by molar-refractivity contribution is 5.90. The molecule has 1 amide bonds. The second-order valence-corrected chi connectivity index (χ2v) is 6.90. The molecule has 138 valence electrons. The van der Waals surface area contributed by atoms with Crippen LogP contribution in [0.3, 0.4) is 0 Å². The summed E-state index contributed by atoms with van der Waals surface area (Å²) in [7, 11) is 0. The molecule has 8 heteroatoms. The summed E-state index contributed by atoms with van der Waals surface area (Å²) < 4.78 is 31.7. The second kappa shape index (κ2) is 7.11. The molecule has 1 aromatic carbocycles. The van der Waals surface area contributed by atoms with E-state index in [0.29, 0.717) is 18.9 Å². The number of carbonyl (C=O) groups excluding carboxylic acids is 1. The van der Waals surface area contributed by atoms with Gasteiger partial charge in [-0.1, -0.05) is 11.2 Å². The van der Waals surface area contributed by atoms with Crippen molar-refractivity contribution in [3.63, 3.8) is 0 Å². The van der Waals surface area contributed by atoms with Gasteiger partial charge in [0.05, 0.1) is 6.04 Å². The molecular weight excluding hydrogens is 342 g/mol. The van der Waals surface area contributed by atoms with Crippen molar-refractivity contribution >= 4 is 5.91 Å². The minimum Gasteiger partial charge on any atom is -0.346 e. The van der Waals surface area contributed by atoms with E-state index in [4.69, 9.17) is 4.52 Å². The predicted octanol–water partition coefficient (Wildman–Crippen LogP) is 2.62. The fourth-order valence-electron chi connectivity index (χ4n) is 3.28. The third-order valence-electron chi connectivity index (χ3n) is 4.88. The van der Waals surface area contributed by atoms with Crippen molar-refractivity contribution < 1.29 is 18.1 Å². The lowest BCUT2D eigenvalue weighted by Crippen LogP contribution is -2.27. The molecule has 2 fully saturated rings. The third kappa shape index (κ3) is 3.75. The van der Waals surface area contributed by atoms with E-state index in [2.05, 4.69) is 20.4 Å². The summed E-state index contributed by atoms with van der Waals surface area (Å²) in [6.07, 6.45) is 4.43. The summed E-state index contributed by atoms with van der Waals surface area (Å²) >= 11 is 0. The number of amides is 1. The maximum Gasteiger partial charge on any atom is 0.292 e. The normalized spacial score (nSPS) is 20.5.